The third-order valence-electron chi connectivity index (χ3n) is 3.59. The van der Waals surface area contributed by atoms with E-state index in [4.69, 9.17) is 11.6 Å². The zero-order chi connectivity index (χ0) is 12.4. The van der Waals surface area contributed by atoms with Crippen LogP contribution < -0.4 is 0 Å². The second-order valence-corrected chi connectivity index (χ2v) is 5.40. The molecule has 17 heavy (non-hydrogen) atoms. The van der Waals surface area contributed by atoms with Crippen molar-refractivity contribution in [1.29, 1.82) is 0 Å². The molecule has 4 heteroatoms. The Balaban J connectivity index is 2.00. The maximum Gasteiger partial charge on any atom is 0.129 e. The van der Waals surface area contributed by atoms with E-state index in [1.165, 1.54) is 0 Å². The Morgan fingerprint density at radius 2 is 1.94 bits per heavy atom. The van der Waals surface area contributed by atoms with Gasteiger partial charge in [0.1, 0.15) is 5.15 Å². The van der Waals surface area contributed by atoms with Crippen molar-refractivity contribution in [3.63, 3.8) is 0 Å². The summed E-state index contributed by atoms with van der Waals surface area (Å²) in [5.41, 5.74) is 1.06. The van der Waals surface area contributed by atoms with Gasteiger partial charge in [-0.2, -0.15) is 0 Å². The maximum absolute atomic E-state index is 5.91. The van der Waals surface area contributed by atoms with Crippen LogP contribution in [0.1, 0.15) is 19.5 Å². The molecule has 1 aromatic rings. The topological polar surface area (TPSA) is 19.4 Å². The van der Waals surface area contributed by atoms with E-state index in [1.54, 1.807) is 0 Å². The van der Waals surface area contributed by atoms with E-state index >= 15 is 0 Å². The number of piperazine rings is 1. The largest absolute Gasteiger partial charge is 0.298 e. The molecule has 2 heterocycles. The van der Waals surface area contributed by atoms with Crippen molar-refractivity contribution in [1.82, 2.24) is 14.8 Å². The highest BCUT2D eigenvalue weighted by Gasteiger charge is 2.26. The monoisotopic (exact) mass is 253 g/mol. The molecule has 0 saturated carbocycles. The highest BCUT2D eigenvalue weighted by Crippen LogP contribution is 2.16. The molecular weight excluding hydrogens is 234 g/mol. The normalized spacial score (nSPS) is 27.3. The van der Waals surface area contributed by atoms with Gasteiger partial charge in [-0.25, -0.2) is 4.98 Å². The summed E-state index contributed by atoms with van der Waals surface area (Å²) in [6.45, 7) is 7.62. The van der Waals surface area contributed by atoms with Crippen LogP contribution in [0.15, 0.2) is 18.2 Å². The predicted octanol–water partition coefficient (Wildman–Crippen LogP) is 2.26. The number of hydrogen-bond donors (Lipinski definition) is 0. The summed E-state index contributed by atoms with van der Waals surface area (Å²) in [6, 6.07) is 7.02. The Hall–Kier alpha value is -0.640. The van der Waals surface area contributed by atoms with Crippen LogP contribution in [0.5, 0.6) is 0 Å². The van der Waals surface area contributed by atoms with E-state index in [2.05, 4.69) is 35.7 Å². The first-order valence-electron chi connectivity index (χ1n) is 6.12. The summed E-state index contributed by atoms with van der Waals surface area (Å²) in [5, 5.41) is 0.581. The van der Waals surface area contributed by atoms with Crippen LogP contribution >= 0.6 is 11.6 Å². The minimum atomic E-state index is 0.581. The molecule has 1 aliphatic heterocycles. The molecule has 0 aromatic carbocycles. The number of likely N-dealkylation sites (N-methyl/N-ethyl adjacent to an activating group) is 1. The first-order chi connectivity index (χ1) is 8.06. The fourth-order valence-electron chi connectivity index (χ4n) is 2.41. The Labute approximate surface area is 108 Å². The molecule has 0 N–H and O–H groups in total. The number of nitrogens with zero attached hydrogens (tertiary/aromatic N) is 3. The molecule has 1 aliphatic rings. The molecular formula is C13H20ClN3. The quantitative estimate of drug-likeness (QED) is 0.754. The third kappa shape index (κ3) is 3.18. The standard InChI is InChI=1S/C13H20ClN3/c1-10-7-17(8-11(2)16(10)3)9-12-5-4-6-13(14)15-12/h4-6,10-11H,7-9H2,1-3H3. The van der Waals surface area contributed by atoms with Crippen LogP contribution in [-0.4, -0.2) is 47.0 Å². The number of pyridine rings is 1. The summed E-state index contributed by atoms with van der Waals surface area (Å²) in [4.78, 5) is 9.23. The summed E-state index contributed by atoms with van der Waals surface area (Å²) >= 11 is 5.91. The zero-order valence-corrected chi connectivity index (χ0v) is 11.5. The molecule has 2 rings (SSSR count). The molecule has 1 aromatic heterocycles. The molecule has 0 spiro atoms. The van der Waals surface area contributed by atoms with Crippen molar-refractivity contribution in [2.45, 2.75) is 32.5 Å². The second kappa shape index (κ2) is 5.34. The van der Waals surface area contributed by atoms with Gasteiger partial charge in [0, 0.05) is 31.7 Å². The molecule has 2 unspecified atom stereocenters. The minimum absolute atomic E-state index is 0.581. The number of rotatable bonds is 2. The molecule has 94 valence electrons. The lowest BCUT2D eigenvalue weighted by atomic mass is 10.1. The van der Waals surface area contributed by atoms with Gasteiger partial charge in [-0.3, -0.25) is 9.80 Å². The smallest absolute Gasteiger partial charge is 0.129 e. The van der Waals surface area contributed by atoms with E-state index < -0.39 is 0 Å². The van der Waals surface area contributed by atoms with E-state index in [1.807, 2.05) is 18.2 Å². The fourth-order valence-corrected chi connectivity index (χ4v) is 2.59. The number of halogens is 1. The van der Waals surface area contributed by atoms with Gasteiger partial charge in [-0.05, 0) is 33.0 Å². The van der Waals surface area contributed by atoms with Gasteiger partial charge >= 0.3 is 0 Å². The predicted molar refractivity (Wildman–Crippen MR) is 71.2 cm³/mol. The Morgan fingerprint density at radius 3 is 2.53 bits per heavy atom. The van der Waals surface area contributed by atoms with Crippen LogP contribution in [0.3, 0.4) is 0 Å². The van der Waals surface area contributed by atoms with Crippen molar-refractivity contribution < 1.29 is 0 Å². The molecule has 2 atom stereocenters. The van der Waals surface area contributed by atoms with E-state index in [0.29, 0.717) is 17.2 Å². The van der Waals surface area contributed by atoms with Crippen LogP contribution in [0.4, 0.5) is 0 Å². The van der Waals surface area contributed by atoms with Gasteiger partial charge in [-0.15, -0.1) is 0 Å². The van der Waals surface area contributed by atoms with Crippen LogP contribution in [0.25, 0.3) is 0 Å². The molecule has 0 aliphatic carbocycles. The molecule has 0 amide bonds. The maximum atomic E-state index is 5.91. The van der Waals surface area contributed by atoms with Gasteiger partial charge in [-0.1, -0.05) is 17.7 Å². The Bertz CT molecular complexity index is 371. The SMILES string of the molecule is CC1CN(Cc2cccc(Cl)n2)CC(C)N1C. The van der Waals surface area contributed by atoms with Crippen molar-refractivity contribution in [2.24, 2.45) is 0 Å². The van der Waals surface area contributed by atoms with Crippen molar-refractivity contribution >= 4 is 11.6 Å². The van der Waals surface area contributed by atoms with E-state index in [0.717, 1.165) is 25.3 Å². The van der Waals surface area contributed by atoms with E-state index in [9.17, 15) is 0 Å². The number of hydrogen-bond acceptors (Lipinski definition) is 3. The lowest BCUT2D eigenvalue weighted by molar-refractivity contribution is 0.0549. The highest BCUT2D eigenvalue weighted by atomic mass is 35.5. The molecule has 1 fully saturated rings. The number of aromatic nitrogens is 1. The van der Waals surface area contributed by atoms with Gasteiger partial charge in [0.05, 0.1) is 5.69 Å². The van der Waals surface area contributed by atoms with Crippen molar-refractivity contribution in [3.8, 4) is 0 Å². The average Bonchev–Trinajstić information content (AvgIpc) is 2.26. The minimum Gasteiger partial charge on any atom is -0.298 e. The van der Waals surface area contributed by atoms with Crippen LogP contribution in [0, 0.1) is 0 Å². The lowest BCUT2D eigenvalue weighted by Crippen LogP contribution is -2.54. The summed E-state index contributed by atoms with van der Waals surface area (Å²) in [6.07, 6.45) is 0. The highest BCUT2D eigenvalue weighted by molar-refractivity contribution is 6.29. The molecule has 0 radical (unpaired) electrons. The van der Waals surface area contributed by atoms with Gasteiger partial charge in [0.25, 0.3) is 0 Å². The van der Waals surface area contributed by atoms with Crippen molar-refractivity contribution in [3.05, 3.63) is 29.0 Å². The Morgan fingerprint density at radius 1 is 1.29 bits per heavy atom. The van der Waals surface area contributed by atoms with E-state index in [-0.39, 0.29) is 0 Å². The lowest BCUT2D eigenvalue weighted by Gasteiger charge is -2.42. The average molecular weight is 254 g/mol. The van der Waals surface area contributed by atoms with Crippen LogP contribution in [0.2, 0.25) is 5.15 Å². The summed E-state index contributed by atoms with van der Waals surface area (Å²) < 4.78 is 0. The van der Waals surface area contributed by atoms with Gasteiger partial charge in [0.15, 0.2) is 0 Å². The molecule has 0 bridgehead atoms. The zero-order valence-electron chi connectivity index (χ0n) is 10.7. The van der Waals surface area contributed by atoms with Gasteiger partial charge < -0.3 is 0 Å². The first kappa shape index (κ1) is 12.8. The second-order valence-electron chi connectivity index (χ2n) is 5.01. The fraction of sp³-hybridized carbons (Fsp3) is 0.615. The first-order valence-corrected chi connectivity index (χ1v) is 6.50. The summed E-state index contributed by atoms with van der Waals surface area (Å²) in [7, 11) is 2.20. The van der Waals surface area contributed by atoms with Crippen molar-refractivity contribution in [2.75, 3.05) is 20.1 Å². The molecule has 1 saturated heterocycles. The Kier molecular flexibility index (Phi) is 4.02. The summed E-state index contributed by atoms with van der Waals surface area (Å²) in [5.74, 6) is 0. The molecule has 3 nitrogen and oxygen atoms in total. The van der Waals surface area contributed by atoms with Gasteiger partial charge in [0.2, 0.25) is 0 Å². The van der Waals surface area contributed by atoms with Crippen LogP contribution in [-0.2, 0) is 6.54 Å². The third-order valence-corrected chi connectivity index (χ3v) is 3.80.